The molecule has 0 fully saturated rings. The van der Waals surface area contributed by atoms with E-state index in [1.165, 1.54) is 16.8 Å². The van der Waals surface area contributed by atoms with Gasteiger partial charge in [-0.25, -0.2) is 19.3 Å². The number of nitrogen functional groups attached to an aromatic ring is 2. The molecule has 0 bridgehead atoms. The lowest BCUT2D eigenvalue weighted by Gasteiger charge is -2.11. The molecular weight excluding hydrogens is 358 g/mol. The van der Waals surface area contributed by atoms with Crippen molar-refractivity contribution in [3.05, 3.63) is 76.7 Å². The third-order valence-electron chi connectivity index (χ3n) is 4.39. The summed E-state index contributed by atoms with van der Waals surface area (Å²) in [5, 5.41) is 9.60. The Labute approximate surface area is 158 Å². The smallest absolute Gasteiger partial charge is 0.339 e. The molecule has 8 nitrogen and oxygen atoms in total. The van der Waals surface area contributed by atoms with E-state index in [9.17, 15) is 14.7 Å². The number of anilines is 2. The van der Waals surface area contributed by atoms with Gasteiger partial charge in [-0.3, -0.25) is 4.79 Å². The summed E-state index contributed by atoms with van der Waals surface area (Å²) in [5.41, 5.74) is 13.4. The molecule has 4 aromatic rings. The number of aromatic nitrogens is 3. The van der Waals surface area contributed by atoms with Crippen LogP contribution in [0.15, 0.2) is 65.6 Å². The van der Waals surface area contributed by atoms with Crippen LogP contribution in [0.1, 0.15) is 10.4 Å². The molecule has 0 amide bonds. The Morgan fingerprint density at radius 3 is 2.46 bits per heavy atom. The second kappa shape index (κ2) is 6.51. The largest absolute Gasteiger partial charge is 0.478 e. The van der Waals surface area contributed by atoms with Crippen LogP contribution in [0.5, 0.6) is 0 Å². The highest BCUT2D eigenvalue weighted by molar-refractivity contribution is 5.94. The molecule has 5 N–H and O–H groups in total. The fourth-order valence-corrected chi connectivity index (χ4v) is 3.01. The number of carbonyl (C=O) groups is 1. The van der Waals surface area contributed by atoms with Gasteiger partial charge in [0.25, 0.3) is 5.56 Å². The zero-order valence-electron chi connectivity index (χ0n) is 14.5. The number of pyridine rings is 1. The van der Waals surface area contributed by atoms with Crippen LogP contribution in [0.4, 0.5) is 11.8 Å². The average Bonchev–Trinajstić information content (AvgIpc) is 2.69. The topological polar surface area (TPSA) is 137 Å². The van der Waals surface area contributed by atoms with Crippen molar-refractivity contribution in [1.29, 1.82) is 0 Å². The maximum atomic E-state index is 13.1. The first kappa shape index (κ1) is 17.2. The highest BCUT2D eigenvalue weighted by atomic mass is 16.4. The van der Waals surface area contributed by atoms with Crippen LogP contribution in [0.3, 0.4) is 0 Å². The standard InChI is InChI=1S/C20H15N5O3/c21-17-15(19(27)28)9-12(10-23-17)11-6-7-16-14(8-11)18(26)25(20(22)24-16)13-4-2-1-3-5-13/h1-10H,(H2,21,23)(H2,22,24)(H,27,28). The molecule has 0 spiro atoms. The van der Waals surface area contributed by atoms with Gasteiger partial charge in [0.2, 0.25) is 5.95 Å². The van der Waals surface area contributed by atoms with E-state index in [1.54, 1.807) is 42.5 Å². The van der Waals surface area contributed by atoms with Crippen molar-refractivity contribution >= 4 is 28.6 Å². The Hall–Kier alpha value is -4.20. The van der Waals surface area contributed by atoms with Crippen LogP contribution in [-0.4, -0.2) is 25.6 Å². The van der Waals surface area contributed by atoms with Gasteiger partial charge in [0.05, 0.1) is 16.6 Å². The summed E-state index contributed by atoms with van der Waals surface area (Å²) in [7, 11) is 0. The minimum Gasteiger partial charge on any atom is -0.478 e. The van der Waals surface area contributed by atoms with E-state index >= 15 is 0 Å². The Morgan fingerprint density at radius 1 is 1.00 bits per heavy atom. The van der Waals surface area contributed by atoms with Gasteiger partial charge >= 0.3 is 5.97 Å². The number of hydrogen-bond acceptors (Lipinski definition) is 6. The molecule has 0 aliphatic rings. The quantitative estimate of drug-likeness (QED) is 0.501. The predicted molar refractivity (Wildman–Crippen MR) is 106 cm³/mol. The summed E-state index contributed by atoms with van der Waals surface area (Å²) in [6.45, 7) is 0. The van der Waals surface area contributed by atoms with E-state index in [2.05, 4.69) is 9.97 Å². The first-order valence-electron chi connectivity index (χ1n) is 8.32. The number of fused-ring (bicyclic) bond motifs is 1. The number of nitrogens with two attached hydrogens (primary N) is 2. The summed E-state index contributed by atoms with van der Waals surface area (Å²) in [6, 6.07) is 15.4. The number of hydrogen-bond donors (Lipinski definition) is 3. The summed E-state index contributed by atoms with van der Waals surface area (Å²) in [5.74, 6) is -1.16. The summed E-state index contributed by atoms with van der Waals surface area (Å²) >= 11 is 0. The molecular formula is C20H15N5O3. The van der Waals surface area contributed by atoms with Crippen LogP contribution < -0.4 is 17.0 Å². The SMILES string of the molecule is Nc1ncc(-c2ccc3nc(N)n(-c4ccccc4)c(=O)c3c2)cc1C(=O)O. The van der Waals surface area contributed by atoms with Crippen molar-refractivity contribution in [2.45, 2.75) is 0 Å². The summed E-state index contributed by atoms with van der Waals surface area (Å²) < 4.78 is 1.33. The molecule has 0 saturated heterocycles. The lowest BCUT2D eigenvalue weighted by molar-refractivity contribution is 0.0697. The van der Waals surface area contributed by atoms with Crippen molar-refractivity contribution in [1.82, 2.24) is 14.5 Å². The summed E-state index contributed by atoms with van der Waals surface area (Å²) in [6.07, 6.45) is 1.46. The second-order valence-corrected chi connectivity index (χ2v) is 6.14. The Bertz CT molecular complexity index is 1280. The summed E-state index contributed by atoms with van der Waals surface area (Å²) in [4.78, 5) is 32.6. The van der Waals surface area contributed by atoms with Crippen molar-refractivity contribution < 1.29 is 9.90 Å². The Morgan fingerprint density at radius 2 is 1.75 bits per heavy atom. The van der Waals surface area contributed by atoms with E-state index in [0.29, 0.717) is 27.7 Å². The van der Waals surface area contributed by atoms with E-state index in [4.69, 9.17) is 11.5 Å². The third kappa shape index (κ3) is 2.82. The minimum absolute atomic E-state index is 0.0714. The molecule has 0 saturated carbocycles. The van der Waals surface area contributed by atoms with E-state index in [0.717, 1.165) is 0 Å². The number of nitrogens with zero attached hydrogens (tertiary/aromatic N) is 3. The predicted octanol–water partition coefficient (Wildman–Crippen LogP) is 2.31. The zero-order valence-corrected chi connectivity index (χ0v) is 14.5. The molecule has 4 rings (SSSR count). The van der Waals surface area contributed by atoms with Crippen LogP contribution in [-0.2, 0) is 0 Å². The first-order valence-corrected chi connectivity index (χ1v) is 8.32. The van der Waals surface area contributed by atoms with Crippen molar-refractivity contribution in [2.75, 3.05) is 11.5 Å². The molecule has 2 heterocycles. The van der Waals surface area contributed by atoms with Gasteiger partial charge in [0.1, 0.15) is 11.4 Å². The van der Waals surface area contributed by atoms with E-state index in [1.807, 2.05) is 6.07 Å². The van der Waals surface area contributed by atoms with Gasteiger partial charge in [-0.15, -0.1) is 0 Å². The van der Waals surface area contributed by atoms with Crippen LogP contribution >= 0.6 is 0 Å². The fraction of sp³-hybridized carbons (Fsp3) is 0. The molecule has 28 heavy (non-hydrogen) atoms. The van der Waals surface area contributed by atoms with Crippen LogP contribution in [0.2, 0.25) is 0 Å². The zero-order chi connectivity index (χ0) is 19.8. The molecule has 8 heteroatoms. The monoisotopic (exact) mass is 373 g/mol. The molecule has 0 radical (unpaired) electrons. The van der Waals surface area contributed by atoms with Gasteiger partial charge in [0, 0.05) is 11.8 Å². The van der Waals surface area contributed by atoms with E-state index < -0.39 is 5.97 Å². The van der Waals surface area contributed by atoms with Gasteiger partial charge in [-0.1, -0.05) is 24.3 Å². The Balaban J connectivity index is 1.94. The Kier molecular flexibility index (Phi) is 4.00. The molecule has 0 aliphatic heterocycles. The molecule has 0 atom stereocenters. The van der Waals surface area contributed by atoms with Crippen molar-refractivity contribution in [3.8, 4) is 16.8 Å². The van der Waals surface area contributed by atoms with E-state index in [-0.39, 0.29) is 22.9 Å². The molecule has 2 aromatic heterocycles. The molecule has 0 aliphatic carbocycles. The first-order chi connectivity index (χ1) is 13.5. The molecule has 138 valence electrons. The van der Waals surface area contributed by atoms with Gasteiger partial charge in [-0.05, 0) is 35.9 Å². The number of carboxylic acids is 1. The highest BCUT2D eigenvalue weighted by Crippen LogP contribution is 2.25. The normalized spacial score (nSPS) is 10.9. The van der Waals surface area contributed by atoms with Gasteiger partial charge in [0.15, 0.2) is 0 Å². The lowest BCUT2D eigenvalue weighted by atomic mass is 10.0. The number of carboxylic acid groups (broad SMARTS) is 1. The lowest BCUT2D eigenvalue weighted by Crippen LogP contribution is -2.23. The molecule has 2 aromatic carbocycles. The van der Waals surface area contributed by atoms with Gasteiger partial charge in [-0.2, -0.15) is 0 Å². The van der Waals surface area contributed by atoms with Gasteiger partial charge < -0.3 is 16.6 Å². The number of para-hydroxylation sites is 1. The maximum absolute atomic E-state index is 13.1. The number of rotatable bonds is 3. The minimum atomic E-state index is -1.17. The van der Waals surface area contributed by atoms with Crippen molar-refractivity contribution in [3.63, 3.8) is 0 Å². The number of benzene rings is 2. The molecule has 0 unspecified atom stereocenters. The number of aromatic carboxylic acids is 1. The second-order valence-electron chi connectivity index (χ2n) is 6.14. The average molecular weight is 373 g/mol. The maximum Gasteiger partial charge on any atom is 0.339 e. The fourth-order valence-electron chi connectivity index (χ4n) is 3.01. The highest BCUT2D eigenvalue weighted by Gasteiger charge is 2.14. The third-order valence-corrected chi connectivity index (χ3v) is 4.39. The van der Waals surface area contributed by atoms with Crippen LogP contribution in [0.25, 0.3) is 27.7 Å². The van der Waals surface area contributed by atoms with Crippen LogP contribution in [0, 0.1) is 0 Å². The van der Waals surface area contributed by atoms with Crippen molar-refractivity contribution in [2.24, 2.45) is 0 Å².